The number of para-hydroxylation sites is 1. The largest absolute Gasteiger partial charge is 0.488 e. The zero-order valence-electron chi connectivity index (χ0n) is 13.0. The molecular weight excluding hydrogens is 328 g/mol. The summed E-state index contributed by atoms with van der Waals surface area (Å²) < 4.78 is 28.8. The number of carbonyl (C=O) groups is 1. The molecule has 1 aliphatic heterocycles. The number of pyridine rings is 1. The highest BCUT2D eigenvalue weighted by Gasteiger charge is 2.29. The molecule has 1 amide bonds. The maximum Gasteiger partial charge on any atom is 0.255 e. The number of nitrogens with one attached hydrogen (secondary N) is 1. The summed E-state index contributed by atoms with van der Waals surface area (Å²) in [7, 11) is -3.03. The predicted molar refractivity (Wildman–Crippen MR) is 89.5 cm³/mol. The standard InChI is InChI=1S/C17H18N2O4S/c20-17(19-14-7-10-24(21,22)12-14)15-3-1-2-4-16(15)23-11-13-5-8-18-9-6-13/h1-6,8-9,14H,7,10-12H2,(H,19,20)/t14-/m0/s1. The minimum Gasteiger partial charge on any atom is -0.488 e. The zero-order chi connectivity index (χ0) is 17.0. The van der Waals surface area contributed by atoms with E-state index in [2.05, 4.69) is 10.3 Å². The smallest absolute Gasteiger partial charge is 0.255 e. The van der Waals surface area contributed by atoms with Gasteiger partial charge in [0.1, 0.15) is 12.4 Å². The van der Waals surface area contributed by atoms with Gasteiger partial charge >= 0.3 is 0 Å². The van der Waals surface area contributed by atoms with Crippen molar-refractivity contribution in [3.8, 4) is 5.75 Å². The molecule has 1 aromatic heterocycles. The van der Waals surface area contributed by atoms with Crippen molar-refractivity contribution < 1.29 is 17.9 Å². The lowest BCUT2D eigenvalue weighted by atomic mass is 10.1. The number of hydrogen-bond acceptors (Lipinski definition) is 5. The normalized spacial score (nSPS) is 18.9. The second-order valence-electron chi connectivity index (χ2n) is 5.71. The van der Waals surface area contributed by atoms with Gasteiger partial charge < -0.3 is 10.1 Å². The monoisotopic (exact) mass is 346 g/mol. The number of nitrogens with zero attached hydrogens (tertiary/aromatic N) is 1. The third-order valence-corrected chi connectivity index (χ3v) is 5.61. The molecule has 0 radical (unpaired) electrons. The van der Waals surface area contributed by atoms with E-state index in [1.807, 2.05) is 12.1 Å². The van der Waals surface area contributed by atoms with Crippen molar-refractivity contribution in [1.82, 2.24) is 10.3 Å². The Kier molecular flexibility index (Phi) is 4.80. The Hall–Kier alpha value is -2.41. The van der Waals surface area contributed by atoms with Crippen molar-refractivity contribution in [1.29, 1.82) is 0 Å². The van der Waals surface area contributed by atoms with Crippen LogP contribution < -0.4 is 10.1 Å². The molecule has 1 fully saturated rings. The van der Waals surface area contributed by atoms with Gasteiger partial charge in [-0.1, -0.05) is 12.1 Å². The highest BCUT2D eigenvalue weighted by atomic mass is 32.2. The van der Waals surface area contributed by atoms with Crippen molar-refractivity contribution in [3.63, 3.8) is 0 Å². The molecule has 126 valence electrons. The predicted octanol–water partition coefficient (Wildman–Crippen LogP) is 1.58. The molecule has 0 bridgehead atoms. The van der Waals surface area contributed by atoms with Gasteiger partial charge in [0.2, 0.25) is 0 Å². The van der Waals surface area contributed by atoms with E-state index in [1.165, 1.54) is 0 Å². The van der Waals surface area contributed by atoms with Crippen LogP contribution in [0.4, 0.5) is 0 Å². The lowest BCUT2D eigenvalue weighted by Crippen LogP contribution is -2.35. The van der Waals surface area contributed by atoms with Crippen LogP contribution in [0.2, 0.25) is 0 Å². The lowest BCUT2D eigenvalue weighted by molar-refractivity contribution is 0.0936. The average Bonchev–Trinajstić information content (AvgIpc) is 2.92. The van der Waals surface area contributed by atoms with Gasteiger partial charge in [-0.3, -0.25) is 9.78 Å². The minimum atomic E-state index is -3.03. The Labute approximate surface area is 140 Å². The highest BCUT2D eigenvalue weighted by molar-refractivity contribution is 7.91. The fraction of sp³-hybridized carbons (Fsp3) is 0.294. The van der Waals surface area contributed by atoms with Gasteiger partial charge in [-0.2, -0.15) is 0 Å². The number of carbonyl (C=O) groups excluding carboxylic acids is 1. The van der Waals surface area contributed by atoms with Crippen LogP contribution in [0.5, 0.6) is 5.75 Å². The topological polar surface area (TPSA) is 85.4 Å². The minimum absolute atomic E-state index is 0.00121. The second kappa shape index (κ2) is 7.00. The summed E-state index contributed by atoms with van der Waals surface area (Å²) in [6.45, 7) is 0.324. The average molecular weight is 346 g/mol. The van der Waals surface area contributed by atoms with Gasteiger partial charge in [0.15, 0.2) is 9.84 Å². The number of sulfone groups is 1. The Bertz CT molecular complexity index is 821. The summed E-state index contributed by atoms with van der Waals surface area (Å²) in [4.78, 5) is 16.4. The molecule has 1 aliphatic rings. The zero-order valence-corrected chi connectivity index (χ0v) is 13.8. The third-order valence-electron chi connectivity index (χ3n) is 3.84. The van der Waals surface area contributed by atoms with Crippen LogP contribution in [0, 0.1) is 0 Å². The Morgan fingerprint density at radius 2 is 1.96 bits per heavy atom. The molecule has 2 aromatic rings. The first kappa shape index (κ1) is 16.4. The first-order valence-electron chi connectivity index (χ1n) is 7.65. The van der Waals surface area contributed by atoms with E-state index in [-0.39, 0.29) is 23.5 Å². The number of ether oxygens (including phenoxy) is 1. The maximum absolute atomic E-state index is 12.4. The Morgan fingerprint density at radius 1 is 1.21 bits per heavy atom. The Balaban J connectivity index is 1.68. The van der Waals surface area contributed by atoms with E-state index >= 15 is 0 Å². The van der Waals surface area contributed by atoms with Gasteiger partial charge in [0.05, 0.1) is 17.1 Å². The second-order valence-corrected chi connectivity index (χ2v) is 7.94. The van der Waals surface area contributed by atoms with Gasteiger partial charge in [0, 0.05) is 18.4 Å². The van der Waals surface area contributed by atoms with Crippen molar-refractivity contribution in [2.45, 2.75) is 19.1 Å². The highest BCUT2D eigenvalue weighted by Crippen LogP contribution is 2.20. The fourth-order valence-electron chi connectivity index (χ4n) is 2.59. The van der Waals surface area contributed by atoms with Crippen LogP contribution in [0.1, 0.15) is 22.3 Å². The summed E-state index contributed by atoms with van der Waals surface area (Å²) in [5, 5.41) is 2.78. The molecular formula is C17H18N2O4S. The molecule has 0 saturated carbocycles. The molecule has 7 heteroatoms. The molecule has 1 aromatic carbocycles. The molecule has 0 unspecified atom stereocenters. The van der Waals surface area contributed by atoms with Crippen LogP contribution in [-0.2, 0) is 16.4 Å². The van der Waals surface area contributed by atoms with Gasteiger partial charge in [-0.05, 0) is 36.2 Å². The summed E-state index contributed by atoms with van der Waals surface area (Å²) in [5.41, 5.74) is 1.35. The molecule has 0 aliphatic carbocycles. The van der Waals surface area contributed by atoms with Gasteiger partial charge in [-0.15, -0.1) is 0 Å². The molecule has 1 atom stereocenters. The van der Waals surface area contributed by atoms with Gasteiger partial charge in [-0.25, -0.2) is 8.42 Å². The van der Waals surface area contributed by atoms with E-state index in [9.17, 15) is 13.2 Å². The number of amides is 1. The molecule has 2 heterocycles. The van der Waals surface area contributed by atoms with Crippen molar-refractivity contribution in [3.05, 3.63) is 59.9 Å². The molecule has 6 nitrogen and oxygen atoms in total. The van der Waals surface area contributed by atoms with Crippen LogP contribution in [-0.4, -0.2) is 36.9 Å². The van der Waals surface area contributed by atoms with E-state index in [4.69, 9.17) is 4.74 Å². The number of benzene rings is 1. The fourth-order valence-corrected chi connectivity index (χ4v) is 4.27. The number of rotatable bonds is 5. The van der Waals surface area contributed by atoms with E-state index < -0.39 is 9.84 Å². The molecule has 1 saturated heterocycles. The van der Waals surface area contributed by atoms with Crippen LogP contribution >= 0.6 is 0 Å². The number of aromatic nitrogens is 1. The van der Waals surface area contributed by atoms with Gasteiger partial charge in [0.25, 0.3) is 5.91 Å². The van der Waals surface area contributed by atoms with E-state index in [1.54, 1.807) is 36.7 Å². The van der Waals surface area contributed by atoms with Crippen LogP contribution in [0.15, 0.2) is 48.8 Å². The number of hydrogen-bond donors (Lipinski definition) is 1. The first-order valence-corrected chi connectivity index (χ1v) is 9.48. The Morgan fingerprint density at radius 3 is 2.67 bits per heavy atom. The summed E-state index contributed by atoms with van der Waals surface area (Å²) in [6, 6.07) is 10.3. The van der Waals surface area contributed by atoms with Crippen LogP contribution in [0.25, 0.3) is 0 Å². The van der Waals surface area contributed by atoms with E-state index in [0.29, 0.717) is 24.3 Å². The third kappa shape index (κ3) is 4.11. The first-order chi connectivity index (χ1) is 11.5. The summed E-state index contributed by atoms with van der Waals surface area (Å²) in [5.74, 6) is 0.270. The molecule has 24 heavy (non-hydrogen) atoms. The summed E-state index contributed by atoms with van der Waals surface area (Å²) in [6.07, 6.45) is 3.81. The van der Waals surface area contributed by atoms with Crippen LogP contribution in [0.3, 0.4) is 0 Å². The molecule has 3 rings (SSSR count). The van der Waals surface area contributed by atoms with Crippen molar-refractivity contribution >= 4 is 15.7 Å². The van der Waals surface area contributed by atoms with Crippen molar-refractivity contribution in [2.75, 3.05) is 11.5 Å². The summed E-state index contributed by atoms with van der Waals surface area (Å²) >= 11 is 0. The molecule has 0 spiro atoms. The quantitative estimate of drug-likeness (QED) is 0.888. The maximum atomic E-state index is 12.4. The SMILES string of the molecule is O=C(N[C@H]1CCS(=O)(=O)C1)c1ccccc1OCc1ccncc1. The van der Waals surface area contributed by atoms with E-state index in [0.717, 1.165) is 5.56 Å². The van der Waals surface area contributed by atoms with Crippen molar-refractivity contribution in [2.24, 2.45) is 0 Å². The lowest BCUT2D eigenvalue weighted by Gasteiger charge is -2.14. The molecule has 1 N–H and O–H groups in total.